The standard InChI is InChI=1S/C16H11NO3/c1-2-19-16(18)14-13-10-7-3-5-9-6-4-8-11(12(9)10)15(13)20-17-14/h3-8H,2H2,1H3. The minimum absolute atomic E-state index is 0.255. The van der Waals surface area contributed by atoms with Crippen molar-refractivity contribution in [1.29, 1.82) is 0 Å². The molecule has 0 saturated carbocycles. The van der Waals surface area contributed by atoms with E-state index in [1.54, 1.807) is 6.92 Å². The second-order valence-corrected chi connectivity index (χ2v) is 4.67. The highest BCUT2D eigenvalue weighted by Crippen LogP contribution is 2.48. The topological polar surface area (TPSA) is 52.3 Å². The van der Waals surface area contributed by atoms with Crippen molar-refractivity contribution < 1.29 is 14.1 Å². The van der Waals surface area contributed by atoms with Gasteiger partial charge in [0.25, 0.3) is 0 Å². The summed E-state index contributed by atoms with van der Waals surface area (Å²) in [5.41, 5.74) is 2.97. The fourth-order valence-electron chi connectivity index (χ4n) is 2.80. The molecule has 1 aliphatic carbocycles. The molecule has 0 unspecified atom stereocenters. The number of esters is 1. The SMILES string of the molecule is CCOC(=O)c1noc2c1-c1cccc3cccc-2c13. The summed E-state index contributed by atoms with van der Waals surface area (Å²) in [6.07, 6.45) is 0. The van der Waals surface area contributed by atoms with Gasteiger partial charge in [-0.05, 0) is 17.9 Å². The summed E-state index contributed by atoms with van der Waals surface area (Å²) >= 11 is 0. The Bertz CT molecular complexity index is 843. The first-order valence-corrected chi connectivity index (χ1v) is 6.50. The molecule has 20 heavy (non-hydrogen) atoms. The first-order valence-electron chi connectivity index (χ1n) is 6.50. The molecule has 98 valence electrons. The van der Waals surface area contributed by atoms with Gasteiger partial charge in [0.1, 0.15) is 0 Å². The highest BCUT2D eigenvalue weighted by Gasteiger charge is 2.32. The molecule has 4 rings (SSSR count). The molecule has 0 spiro atoms. The molecule has 0 fully saturated rings. The molecule has 0 saturated heterocycles. The Balaban J connectivity index is 2.03. The molecule has 0 aliphatic heterocycles. The summed E-state index contributed by atoms with van der Waals surface area (Å²) in [4.78, 5) is 12.0. The van der Waals surface area contributed by atoms with Gasteiger partial charge < -0.3 is 9.26 Å². The Kier molecular flexibility index (Phi) is 2.21. The quantitative estimate of drug-likeness (QED) is 0.519. The van der Waals surface area contributed by atoms with E-state index in [-0.39, 0.29) is 5.69 Å². The van der Waals surface area contributed by atoms with E-state index in [2.05, 4.69) is 5.16 Å². The second kappa shape index (κ2) is 3.93. The zero-order valence-corrected chi connectivity index (χ0v) is 10.8. The minimum atomic E-state index is -0.442. The van der Waals surface area contributed by atoms with Gasteiger partial charge in [-0.2, -0.15) is 0 Å². The van der Waals surface area contributed by atoms with Crippen LogP contribution in [-0.4, -0.2) is 17.7 Å². The van der Waals surface area contributed by atoms with E-state index in [4.69, 9.17) is 9.26 Å². The van der Waals surface area contributed by atoms with E-state index in [1.807, 2.05) is 36.4 Å². The minimum Gasteiger partial charge on any atom is -0.461 e. The molecule has 0 amide bonds. The molecule has 2 aromatic carbocycles. The molecule has 1 aromatic heterocycles. The maximum Gasteiger partial charge on any atom is 0.361 e. The first-order chi connectivity index (χ1) is 9.81. The average Bonchev–Trinajstić information content (AvgIpc) is 3.02. The molecule has 1 heterocycles. The van der Waals surface area contributed by atoms with Gasteiger partial charge in [-0.15, -0.1) is 0 Å². The Morgan fingerprint density at radius 2 is 1.95 bits per heavy atom. The highest BCUT2D eigenvalue weighted by molar-refractivity contribution is 6.17. The molecular formula is C16H11NO3. The predicted octanol–water partition coefficient (Wildman–Crippen LogP) is 3.65. The summed E-state index contributed by atoms with van der Waals surface area (Å²) in [5, 5.41) is 6.13. The van der Waals surface area contributed by atoms with Crippen molar-refractivity contribution in [1.82, 2.24) is 5.16 Å². The normalized spacial score (nSPS) is 11.7. The number of ether oxygens (including phenoxy) is 1. The number of carbonyl (C=O) groups excluding carboxylic acids is 1. The van der Waals surface area contributed by atoms with Crippen LogP contribution < -0.4 is 0 Å². The Morgan fingerprint density at radius 1 is 1.20 bits per heavy atom. The summed E-state index contributed by atoms with van der Waals surface area (Å²) in [6.45, 7) is 2.09. The van der Waals surface area contributed by atoms with Crippen LogP contribution >= 0.6 is 0 Å². The lowest BCUT2D eigenvalue weighted by molar-refractivity contribution is 0.0515. The zero-order valence-electron chi connectivity index (χ0n) is 10.8. The van der Waals surface area contributed by atoms with Crippen molar-refractivity contribution in [3.63, 3.8) is 0 Å². The van der Waals surface area contributed by atoms with Crippen LogP contribution in [0, 0.1) is 0 Å². The van der Waals surface area contributed by atoms with Crippen LogP contribution in [0.3, 0.4) is 0 Å². The molecule has 4 nitrogen and oxygen atoms in total. The van der Waals surface area contributed by atoms with Gasteiger partial charge >= 0.3 is 5.97 Å². The van der Waals surface area contributed by atoms with Crippen LogP contribution in [0.5, 0.6) is 0 Å². The Morgan fingerprint density at radius 3 is 2.70 bits per heavy atom. The summed E-state index contributed by atoms with van der Waals surface area (Å²) < 4.78 is 10.4. The van der Waals surface area contributed by atoms with Gasteiger partial charge in [0, 0.05) is 10.9 Å². The number of carbonyl (C=O) groups is 1. The number of rotatable bonds is 2. The molecule has 0 bridgehead atoms. The van der Waals surface area contributed by atoms with Crippen LogP contribution in [0.15, 0.2) is 40.9 Å². The third kappa shape index (κ3) is 1.30. The van der Waals surface area contributed by atoms with Crippen molar-refractivity contribution >= 4 is 16.7 Å². The van der Waals surface area contributed by atoms with E-state index < -0.39 is 5.97 Å². The molecule has 0 radical (unpaired) electrons. The highest BCUT2D eigenvalue weighted by atomic mass is 16.5. The van der Waals surface area contributed by atoms with Crippen molar-refractivity contribution in [3.05, 3.63) is 42.1 Å². The van der Waals surface area contributed by atoms with Gasteiger partial charge in [0.15, 0.2) is 11.5 Å². The predicted molar refractivity (Wildman–Crippen MR) is 74.4 cm³/mol. The van der Waals surface area contributed by atoms with Crippen molar-refractivity contribution in [3.8, 4) is 22.5 Å². The molecule has 1 aliphatic rings. The van der Waals surface area contributed by atoms with Crippen LogP contribution in [0.2, 0.25) is 0 Å². The van der Waals surface area contributed by atoms with E-state index >= 15 is 0 Å². The lowest BCUT2D eigenvalue weighted by Crippen LogP contribution is -2.06. The first kappa shape index (κ1) is 11.2. The monoisotopic (exact) mass is 265 g/mol. The summed E-state index contributed by atoms with van der Waals surface area (Å²) in [7, 11) is 0. The third-order valence-electron chi connectivity index (χ3n) is 3.58. The second-order valence-electron chi connectivity index (χ2n) is 4.67. The zero-order chi connectivity index (χ0) is 13.7. The number of benzene rings is 2. The van der Waals surface area contributed by atoms with Crippen LogP contribution in [0.1, 0.15) is 17.4 Å². The van der Waals surface area contributed by atoms with Crippen LogP contribution in [0.4, 0.5) is 0 Å². The number of aromatic nitrogens is 1. The maximum atomic E-state index is 12.0. The lowest BCUT2D eigenvalue weighted by Gasteiger charge is -2.02. The van der Waals surface area contributed by atoms with E-state index in [1.165, 1.54) is 0 Å². The van der Waals surface area contributed by atoms with Crippen LogP contribution in [0.25, 0.3) is 33.2 Å². The van der Waals surface area contributed by atoms with Crippen molar-refractivity contribution in [2.75, 3.05) is 6.61 Å². The number of nitrogens with zero attached hydrogens (tertiary/aromatic N) is 1. The van der Waals surface area contributed by atoms with Gasteiger partial charge in [-0.1, -0.05) is 41.6 Å². The van der Waals surface area contributed by atoms with E-state index in [0.29, 0.717) is 12.4 Å². The molecule has 3 aromatic rings. The smallest absolute Gasteiger partial charge is 0.361 e. The number of fused-ring (bicyclic) bond motifs is 3. The number of hydrogen-bond donors (Lipinski definition) is 0. The molecular weight excluding hydrogens is 254 g/mol. The van der Waals surface area contributed by atoms with Gasteiger partial charge in [0.2, 0.25) is 0 Å². The van der Waals surface area contributed by atoms with E-state index in [0.717, 1.165) is 27.5 Å². The van der Waals surface area contributed by atoms with E-state index in [9.17, 15) is 4.79 Å². The average molecular weight is 265 g/mol. The van der Waals surface area contributed by atoms with Gasteiger partial charge in [0.05, 0.1) is 12.2 Å². The number of hydrogen-bond acceptors (Lipinski definition) is 4. The van der Waals surface area contributed by atoms with Crippen LogP contribution in [-0.2, 0) is 4.74 Å². The van der Waals surface area contributed by atoms with Crippen molar-refractivity contribution in [2.45, 2.75) is 6.92 Å². The summed E-state index contributed by atoms with van der Waals surface area (Å²) in [5.74, 6) is 0.210. The Hall–Kier alpha value is -2.62. The molecule has 0 N–H and O–H groups in total. The third-order valence-corrected chi connectivity index (χ3v) is 3.58. The van der Waals surface area contributed by atoms with Gasteiger partial charge in [-0.3, -0.25) is 0 Å². The fourth-order valence-corrected chi connectivity index (χ4v) is 2.80. The Labute approximate surface area is 114 Å². The lowest BCUT2D eigenvalue weighted by atomic mass is 10.0. The summed E-state index contributed by atoms with van der Waals surface area (Å²) in [6, 6.07) is 12.0. The molecule has 0 atom stereocenters. The molecule has 4 heteroatoms. The van der Waals surface area contributed by atoms with Gasteiger partial charge in [-0.25, -0.2) is 4.79 Å². The maximum absolute atomic E-state index is 12.0. The largest absolute Gasteiger partial charge is 0.461 e. The van der Waals surface area contributed by atoms with Crippen molar-refractivity contribution in [2.24, 2.45) is 0 Å². The fraction of sp³-hybridized carbons (Fsp3) is 0.125.